The topological polar surface area (TPSA) is 12.5 Å². The van der Waals surface area contributed by atoms with Crippen molar-refractivity contribution in [3.8, 4) is 0 Å². The van der Waals surface area contributed by atoms with Crippen LogP contribution in [0.4, 0.5) is 0 Å². The number of allylic oxidation sites excluding steroid dienone is 1. The second-order valence-electron chi connectivity index (χ2n) is 4.94. The second kappa shape index (κ2) is 7.72. The summed E-state index contributed by atoms with van der Waals surface area (Å²) in [5, 5.41) is 0. The lowest BCUT2D eigenvalue weighted by Gasteiger charge is -2.27. The third-order valence-corrected chi connectivity index (χ3v) is 3.31. The smallest absolute Gasteiger partial charge is 0.100 e. The van der Waals surface area contributed by atoms with Crippen LogP contribution in [0.15, 0.2) is 12.3 Å². The molecule has 0 bridgehead atoms. The summed E-state index contributed by atoms with van der Waals surface area (Å²) in [4.78, 5) is 2.41. The Morgan fingerprint density at radius 2 is 1.81 bits per heavy atom. The Balaban J connectivity index is 3.84. The Kier molecular flexibility index (Phi) is 7.48. The van der Waals surface area contributed by atoms with Gasteiger partial charge in [0.25, 0.3) is 0 Å². The first-order valence-corrected chi connectivity index (χ1v) is 6.52. The van der Waals surface area contributed by atoms with E-state index in [0.29, 0.717) is 0 Å². The maximum atomic E-state index is 5.74. The summed E-state index contributed by atoms with van der Waals surface area (Å²) in [6, 6.07) is 0. The van der Waals surface area contributed by atoms with Gasteiger partial charge in [0.2, 0.25) is 0 Å². The summed E-state index contributed by atoms with van der Waals surface area (Å²) in [6.07, 6.45) is 2.27. The van der Waals surface area contributed by atoms with Crippen LogP contribution in [0.2, 0.25) is 0 Å². The van der Waals surface area contributed by atoms with Crippen molar-refractivity contribution in [1.82, 2.24) is 4.90 Å². The monoisotopic (exact) mass is 227 g/mol. The summed E-state index contributed by atoms with van der Waals surface area (Å²) >= 11 is 0. The number of rotatable bonds is 9. The zero-order chi connectivity index (χ0) is 12.6. The van der Waals surface area contributed by atoms with Gasteiger partial charge in [0.05, 0.1) is 5.76 Å². The third-order valence-electron chi connectivity index (χ3n) is 3.31. The fourth-order valence-electron chi connectivity index (χ4n) is 1.43. The van der Waals surface area contributed by atoms with Crippen molar-refractivity contribution in [1.29, 1.82) is 0 Å². The highest BCUT2D eigenvalue weighted by Crippen LogP contribution is 2.29. The molecule has 96 valence electrons. The molecule has 0 aliphatic rings. The van der Waals surface area contributed by atoms with Crippen molar-refractivity contribution in [3.05, 3.63) is 12.3 Å². The fraction of sp³-hybridized carbons (Fsp3) is 0.857. The molecule has 0 aromatic heterocycles. The minimum Gasteiger partial charge on any atom is -0.497 e. The first kappa shape index (κ1) is 15.5. The summed E-state index contributed by atoms with van der Waals surface area (Å²) < 4.78 is 5.74. The van der Waals surface area contributed by atoms with E-state index in [4.69, 9.17) is 4.74 Å². The lowest BCUT2D eigenvalue weighted by Crippen LogP contribution is -2.29. The molecule has 0 saturated heterocycles. The summed E-state index contributed by atoms with van der Waals surface area (Å²) in [6.45, 7) is 19.0. The molecule has 16 heavy (non-hydrogen) atoms. The molecule has 0 atom stereocenters. The molecule has 0 unspecified atom stereocenters. The average molecular weight is 227 g/mol. The number of hydrogen-bond donors (Lipinski definition) is 0. The van der Waals surface area contributed by atoms with Crippen LogP contribution < -0.4 is 0 Å². The molecule has 0 fully saturated rings. The second-order valence-corrected chi connectivity index (χ2v) is 4.94. The van der Waals surface area contributed by atoms with Crippen molar-refractivity contribution in [2.75, 3.05) is 26.2 Å². The van der Waals surface area contributed by atoms with Gasteiger partial charge in [-0.3, -0.25) is 0 Å². The first-order chi connectivity index (χ1) is 7.47. The Morgan fingerprint density at radius 3 is 2.25 bits per heavy atom. The minimum absolute atomic E-state index is 0.0990. The molecule has 0 saturated carbocycles. The molecule has 0 aliphatic carbocycles. The van der Waals surface area contributed by atoms with Crippen LogP contribution in [-0.2, 0) is 4.74 Å². The maximum Gasteiger partial charge on any atom is 0.100 e. The van der Waals surface area contributed by atoms with E-state index in [1.165, 1.54) is 6.42 Å². The van der Waals surface area contributed by atoms with Crippen LogP contribution in [0.1, 0.15) is 47.5 Å². The Morgan fingerprint density at radius 1 is 1.19 bits per heavy atom. The molecule has 0 spiro atoms. The molecule has 0 aromatic carbocycles. The highest BCUT2D eigenvalue weighted by atomic mass is 16.5. The van der Waals surface area contributed by atoms with E-state index in [1.54, 1.807) is 0 Å². The van der Waals surface area contributed by atoms with E-state index in [2.05, 4.69) is 46.1 Å². The van der Waals surface area contributed by atoms with Gasteiger partial charge in [-0.1, -0.05) is 41.2 Å². The molecule has 0 amide bonds. The van der Waals surface area contributed by atoms with Crippen molar-refractivity contribution < 1.29 is 4.74 Å². The minimum atomic E-state index is 0.0990. The number of hydrogen-bond acceptors (Lipinski definition) is 2. The SMILES string of the molecule is C=C(OCCN(CC)CCC)C(C)(C)CC. The summed E-state index contributed by atoms with van der Waals surface area (Å²) in [5.74, 6) is 0.919. The van der Waals surface area contributed by atoms with E-state index in [-0.39, 0.29) is 5.41 Å². The van der Waals surface area contributed by atoms with Gasteiger partial charge in [-0.05, 0) is 25.9 Å². The van der Waals surface area contributed by atoms with Gasteiger partial charge in [0.1, 0.15) is 6.61 Å². The molecular weight excluding hydrogens is 198 g/mol. The highest BCUT2D eigenvalue weighted by Gasteiger charge is 2.20. The van der Waals surface area contributed by atoms with E-state index in [0.717, 1.165) is 38.4 Å². The molecule has 0 radical (unpaired) electrons. The van der Waals surface area contributed by atoms with E-state index >= 15 is 0 Å². The van der Waals surface area contributed by atoms with E-state index in [9.17, 15) is 0 Å². The van der Waals surface area contributed by atoms with Gasteiger partial charge < -0.3 is 9.64 Å². The molecule has 0 heterocycles. The molecule has 0 aromatic rings. The van der Waals surface area contributed by atoms with E-state index in [1.807, 2.05) is 0 Å². The standard InChI is InChI=1S/C14H29NO/c1-7-10-15(9-3)11-12-16-13(4)14(5,6)8-2/h4,7-12H2,1-3,5-6H3. The van der Waals surface area contributed by atoms with Gasteiger partial charge in [-0.2, -0.15) is 0 Å². The van der Waals surface area contributed by atoms with Crippen LogP contribution in [0.5, 0.6) is 0 Å². The zero-order valence-corrected chi connectivity index (χ0v) is 11.8. The molecule has 2 heteroatoms. The normalized spacial score (nSPS) is 11.9. The Labute approximate surface area is 102 Å². The number of nitrogens with zero attached hydrogens (tertiary/aromatic N) is 1. The van der Waals surface area contributed by atoms with E-state index < -0.39 is 0 Å². The third kappa shape index (κ3) is 5.55. The van der Waals surface area contributed by atoms with Crippen LogP contribution in [0.25, 0.3) is 0 Å². The molecule has 2 nitrogen and oxygen atoms in total. The number of likely N-dealkylation sites (N-methyl/N-ethyl adjacent to an activating group) is 1. The van der Waals surface area contributed by atoms with Gasteiger partial charge in [0, 0.05) is 12.0 Å². The largest absolute Gasteiger partial charge is 0.497 e. The molecule has 0 N–H and O–H groups in total. The van der Waals surface area contributed by atoms with Crippen molar-refractivity contribution in [3.63, 3.8) is 0 Å². The number of ether oxygens (including phenoxy) is 1. The Hall–Kier alpha value is -0.500. The lowest BCUT2D eigenvalue weighted by atomic mass is 9.88. The quantitative estimate of drug-likeness (QED) is 0.557. The fourth-order valence-corrected chi connectivity index (χ4v) is 1.43. The predicted molar refractivity (Wildman–Crippen MR) is 71.6 cm³/mol. The van der Waals surface area contributed by atoms with Crippen molar-refractivity contribution >= 4 is 0 Å². The molecule has 0 aliphatic heterocycles. The van der Waals surface area contributed by atoms with Crippen molar-refractivity contribution in [2.24, 2.45) is 5.41 Å². The first-order valence-electron chi connectivity index (χ1n) is 6.52. The van der Waals surface area contributed by atoms with Crippen LogP contribution in [0, 0.1) is 5.41 Å². The highest BCUT2D eigenvalue weighted by molar-refractivity contribution is 4.97. The van der Waals surface area contributed by atoms with Crippen LogP contribution in [-0.4, -0.2) is 31.1 Å². The average Bonchev–Trinajstić information content (AvgIpc) is 2.27. The Bertz CT molecular complexity index is 199. The summed E-state index contributed by atoms with van der Waals surface area (Å²) in [5.41, 5.74) is 0.0990. The van der Waals surface area contributed by atoms with Gasteiger partial charge >= 0.3 is 0 Å². The lowest BCUT2D eigenvalue weighted by molar-refractivity contribution is 0.116. The van der Waals surface area contributed by atoms with Crippen molar-refractivity contribution in [2.45, 2.75) is 47.5 Å². The van der Waals surface area contributed by atoms with Gasteiger partial charge in [-0.25, -0.2) is 0 Å². The maximum absolute atomic E-state index is 5.74. The molecule has 0 rings (SSSR count). The van der Waals surface area contributed by atoms with Crippen LogP contribution in [0.3, 0.4) is 0 Å². The zero-order valence-electron chi connectivity index (χ0n) is 11.8. The predicted octanol–water partition coefficient (Wildman–Crippen LogP) is 3.68. The summed E-state index contributed by atoms with van der Waals surface area (Å²) in [7, 11) is 0. The van der Waals surface area contributed by atoms with Gasteiger partial charge in [-0.15, -0.1) is 0 Å². The van der Waals surface area contributed by atoms with Gasteiger partial charge in [0.15, 0.2) is 0 Å². The molecular formula is C14H29NO. The van der Waals surface area contributed by atoms with Crippen LogP contribution >= 0.6 is 0 Å².